The Morgan fingerprint density at radius 3 is 2.50 bits per heavy atom. The Bertz CT molecular complexity index is 369. The van der Waals surface area contributed by atoms with E-state index in [2.05, 4.69) is 5.32 Å². The van der Waals surface area contributed by atoms with Crippen LogP contribution < -0.4 is 5.32 Å². The molecule has 2 N–H and O–H groups in total. The molecule has 1 aromatic carbocycles. The average Bonchev–Trinajstić information content (AvgIpc) is 2.67. The van der Waals surface area contributed by atoms with Crippen LogP contribution in [0.15, 0.2) is 24.3 Å². The van der Waals surface area contributed by atoms with E-state index in [1.165, 1.54) is 12.1 Å². The molecule has 0 amide bonds. The van der Waals surface area contributed by atoms with E-state index in [0.29, 0.717) is 13.1 Å². The molecule has 0 unspecified atom stereocenters. The van der Waals surface area contributed by atoms with Gasteiger partial charge in [-0.2, -0.15) is 0 Å². The van der Waals surface area contributed by atoms with Gasteiger partial charge in [0, 0.05) is 19.0 Å². The van der Waals surface area contributed by atoms with Crippen molar-refractivity contribution in [3.05, 3.63) is 35.6 Å². The molecule has 0 aromatic heterocycles. The third kappa shape index (κ3) is 2.51. The minimum Gasteiger partial charge on any atom is -0.481 e. The minimum atomic E-state index is -0.797. The molecule has 3 nitrogen and oxygen atoms in total. The highest BCUT2D eigenvalue weighted by Gasteiger charge is 2.33. The Labute approximate surface area is 99.1 Å². The van der Waals surface area contributed by atoms with Crippen LogP contribution >= 0.6 is 12.4 Å². The summed E-state index contributed by atoms with van der Waals surface area (Å²) in [4.78, 5) is 10.9. The van der Waals surface area contributed by atoms with Crippen molar-refractivity contribution in [2.75, 3.05) is 13.1 Å². The second kappa shape index (κ2) is 5.27. The number of halogens is 2. The highest BCUT2D eigenvalue weighted by Crippen LogP contribution is 2.28. The monoisotopic (exact) mass is 245 g/mol. The molecule has 0 radical (unpaired) electrons. The second-order valence-corrected chi connectivity index (χ2v) is 3.76. The molecule has 1 heterocycles. The van der Waals surface area contributed by atoms with Crippen LogP contribution in [0.1, 0.15) is 11.5 Å². The van der Waals surface area contributed by atoms with Gasteiger partial charge in [0.1, 0.15) is 5.82 Å². The first kappa shape index (κ1) is 12.9. The number of hydrogen-bond donors (Lipinski definition) is 2. The van der Waals surface area contributed by atoms with Crippen LogP contribution in [0, 0.1) is 11.7 Å². The summed E-state index contributed by atoms with van der Waals surface area (Å²) in [5.74, 6) is -1.55. The Morgan fingerprint density at radius 1 is 1.31 bits per heavy atom. The fraction of sp³-hybridized carbons (Fsp3) is 0.364. The van der Waals surface area contributed by atoms with Crippen LogP contribution in [0.2, 0.25) is 0 Å². The molecule has 5 heteroatoms. The van der Waals surface area contributed by atoms with Crippen molar-refractivity contribution < 1.29 is 14.3 Å². The molecule has 0 saturated carbocycles. The van der Waals surface area contributed by atoms with Crippen LogP contribution in [0.4, 0.5) is 4.39 Å². The van der Waals surface area contributed by atoms with Crippen molar-refractivity contribution in [1.82, 2.24) is 5.32 Å². The van der Waals surface area contributed by atoms with Gasteiger partial charge in [-0.15, -0.1) is 12.4 Å². The van der Waals surface area contributed by atoms with Crippen molar-refractivity contribution >= 4 is 18.4 Å². The fourth-order valence-electron chi connectivity index (χ4n) is 2.00. The fourth-order valence-corrected chi connectivity index (χ4v) is 2.00. The Morgan fingerprint density at radius 2 is 1.94 bits per heavy atom. The second-order valence-electron chi connectivity index (χ2n) is 3.76. The van der Waals surface area contributed by atoms with E-state index in [9.17, 15) is 9.18 Å². The quantitative estimate of drug-likeness (QED) is 0.833. The summed E-state index contributed by atoms with van der Waals surface area (Å²) < 4.78 is 12.7. The van der Waals surface area contributed by atoms with Crippen LogP contribution in [-0.2, 0) is 4.79 Å². The van der Waals surface area contributed by atoms with E-state index in [0.717, 1.165) is 5.56 Å². The number of carboxylic acids is 1. The molecule has 2 rings (SSSR count). The van der Waals surface area contributed by atoms with Gasteiger partial charge in [0.15, 0.2) is 0 Å². The molecule has 0 aliphatic carbocycles. The van der Waals surface area contributed by atoms with Crippen molar-refractivity contribution in [1.29, 1.82) is 0 Å². The van der Waals surface area contributed by atoms with Gasteiger partial charge in [-0.05, 0) is 17.7 Å². The van der Waals surface area contributed by atoms with Gasteiger partial charge in [-0.3, -0.25) is 4.79 Å². The third-order valence-electron chi connectivity index (χ3n) is 2.83. The van der Waals surface area contributed by atoms with E-state index in [1.807, 2.05) is 0 Å². The van der Waals surface area contributed by atoms with E-state index < -0.39 is 11.9 Å². The summed E-state index contributed by atoms with van der Waals surface area (Å²) >= 11 is 0. The third-order valence-corrected chi connectivity index (χ3v) is 2.83. The standard InChI is InChI=1S/C11H12FNO2.ClH/c12-8-3-1-7(2-4-8)9-5-13-6-10(9)11(14)15;/h1-4,9-10,13H,5-6H2,(H,14,15);1H/t9-,10-;/m0./s1. The maximum atomic E-state index is 12.7. The zero-order valence-electron chi connectivity index (χ0n) is 8.52. The van der Waals surface area contributed by atoms with E-state index in [4.69, 9.17) is 5.11 Å². The van der Waals surface area contributed by atoms with Gasteiger partial charge >= 0.3 is 5.97 Å². The molecule has 1 fully saturated rings. The zero-order valence-corrected chi connectivity index (χ0v) is 9.34. The van der Waals surface area contributed by atoms with E-state index >= 15 is 0 Å². The maximum absolute atomic E-state index is 12.7. The molecule has 16 heavy (non-hydrogen) atoms. The van der Waals surface area contributed by atoms with Crippen molar-refractivity contribution in [3.8, 4) is 0 Å². The number of rotatable bonds is 2. The maximum Gasteiger partial charge on any atom is 0.308 e. The lowest BCUT2D eigenvalue weighted by atomic mass is 9.89. The van der Waals surface area contributed by atoms with Gasteiger partial charge in [0.05, 0.1) is 5.92 Å². The summed E-state index contributed by atoms with van der Waals surface area (Å²) in [6, 6.07) is 6.05. The van der Waals surface area contributed by atoms with Crippen molar-refractivity contribution in [3.63, 3.8) is 0 Å². The lowest BCUT2D eigenvalue weighted by Gasteiger charge is -2.14. The first-order valence-electron chi connectivity index (χ1n) is 4.87. The van der Waals surface area contributed by atoms with E-state index in [-0.39, 0.29) is 24.1 Å². The van der Waals surface area contributed by atoms with E-state index in [1.54, 1.807) is 12.1 Å². The Balaban J connectivity index is 0.00000128. The summed E-state index contributed by atoms with van der Waals surface area (Å²) in [5.41, 5.74) is 0.883. The number of benzene rings is 1. The van der Waals surface area contributed by atoms with Gasteiger partial charge in [-0.25, -0.2) is 4.39 Å². The highest BCUT2D eigenvalue weighted by molar-refractivity contribution is 5.85. The summed E-state index contributed by atoms with van der Waals surface area (Å²) in [7, 11) is 0. The normalized spacial score (nSPS) is 23.8. The molecule has 1 aliphatic rings. The SMILES string of the molecule is Cl.O=C(O)[C@H]1CNC[C@H]1c1ccc(F)cc1. The topological polar surface area (TPSA) is 49.3 Å². The van der Waals surface area contributed by atoms with Crippen LogP contribution in [0.25, 0.3) is 0 Å². The van der Waals surface area contributed by atoms with Crippen LogP contribution in [-0.4, -0.2) is 24.2 Å². The number of carbonyl (C=O) groups is 1. The number of aliphatic carboxylic acids is 1. The minimum absolute atomic E-state index is 0. The van der Waals surface area contributed by atoms with Gasteiger partial charge in [0.25, 0.3) is 0 Å². The van der Waals surface area contributed by atoms with Crippen LogP contribution in [0.5, 0.6) is 0 Å². The molecule has 88 valence electrons. The van der Waals surface area contributed by atoms with Gasteiger partial charge < -0.3 is 10.4 Å². The Hall–Kier alpha value is -1.13. The molecule has 1 aliphatic heterocycles. The molecule has 1 saturated heterocycles. The number of nitrogens with one attached hydrogen (secondary N) is 1. The van der Waals surface area contributed by atoms with Crippen LogP contribution in [0.3, 0.4) is 0 Å². The average molecular weight is 246 g/mol. The van der Waals surface area contributed by atoms with Gasteiger partial charge in [-0.1, -0.05) is 12.1 Å². The summed E-state index contributed by atoms with van der Waals surface area (Å²) in [6.07, 6.45) is 0. The molecule has 0 spiro atoms. The predicted molar refractivity (Wildman–Crippen MR) is 60.4 cm³/mol. The molecule has 1 aromatic rings. The molecule has 2 atom stereocenters. The smallest absolute Gasteiger partial charge is 0.308 e. The predicted octanol–water partition coefficient (Wildman–Crippen LogP) is 1.64. The largest absolute Gasteiger partial charge is 0.481 e. The number of hydrogen-bond acceptors (Lipinski definition) is 2. The summed E-state index contributed by atoms with van der Waals surface area (Å²) in [5, 5.41) is 12.0. The first-order valence-corrected chi connectivity index (χ1v) is 4.87. The van der Waals surface area contributed by atoms with Crippen molar-refractivity contribution in [2.24, 2.45) is 5.92 Å². The van der Waals surface area contributed by atoms with Crippen molar-refractivity contribution in [2.45, 2.75) is 5.92 Å². The number of carboxylic acid groups (broad SMARTS) is 1. The summed E-state index contributed by atoms with van der Waals surface area (Å²) in [6.45, 7) is 1.12. The van der Waals surface area contributed by atoms with Gasteiger partial charge in [0.2, 0.25) is 0 Å². The lowest BCUT2D eigenvalue weighted by Crippen LogP contribution is -2.20. The molecule has 0 bridgehead atoms. The lowest BCUT2D eigenvalue weighted by molar-refractivity contribution is -0.141. The zero-order chi connectivity index (χ0) is 10.8. The Kier molecular flexibility index (Phi) is 4.26. The first-order chi connectivity index (χ1) is 7.18. The highest BCUT2D eigenvalue weighted by atomic mass is 35.5. The molecular formula is C11H13ClFNO2. The molecular weight excluding hydrogens is 233 g/mol.